The lowest BCUT2D eigenvalue weighted by atomic mass is 10.4. The van der Waals surface area contributed by atoms with Crippen molar-refractivity contribution in [1.29, 1.82) is 0 Å². The van der Waals surface area contributed by atoms with Crippen LogP contribution in [0.25, 0.3) is 0 Å². The highest BCUT2D eigenvalue weighted by Gasteiger charge is 2.36. The molecule has 7 heteroatoms. The van der Waals surface area contributed by atoms with Gasteiger partial charge in [0.15, 0.2) is 0 Å². The SMILES string of the molecule is O=C1O[C@H](O)C([S@@](=O)c2ccc(Br)cc2)=C1Cl. The molecule has 90 valence electrons. The number of hydrogen-bond acceptors (Lipinski definition) is 4. The molecule has 1 aromatic rings. The van der Waals surface area contributed by atoms with Crippen molar-refractivity contribution in [3.05, 3.63) is 38.7 Å². The zero-order chi connectivity index (χ0) is 12.6. The van der Waals surface area contributed by atoms with E-state index < -0.39 is 23.1 Å². The first-order valence-corrected chi connectivity index (χ1v) is 6.79. The summed E-state index contributed by atoms with van der Waals surface area (Å²) in [7, 11) is -1.72. The lowest BCUT2D eigenvalue weighted by Crippen LogP contribution is -2.13. The number of cyclic esters (lactones) is 1. The highest BCUT2D eigenvalue weighted by atomic mass is 79.9. The molecule has 0 aromatic heterocycles. The van der Waals surface area contributed by atoms with Gasteiger partial charge in [-0.25, -0.2) is 9.00 Å². The molecule has 0 saturated carbocycles. The molecule has 1 aromatic carbocycles. The Bertz CT molecular complexity index is 526. The Kier molecular flexibility index (Phi) is 3.67. The predicted octanol–water partition coefficient (Wildman–Crippen LogP) is 1.88. The summed E-state index contributed by atoms with van der Waals surface area (Å²) < 4.78 is 17.4. The third-order valence-corrected chi connectivity index (χ3v) is 4.57. The Hall–Kier alpha value is -0.690. The number of rotatable bonds is 2. The molecule has 1 aliphatic rings. The van der Waals surface area contributed by atoms with Crippen molar-refractivity contribution in [2.45, 2.75) is 11.2 Å². The molecule has 0 amide bonds. The fourth-order valence-electron chi connectivity index (χ4n) is 1.27. The summed E-state index contributed by atoms with van der Waals surface area (Å²) in [6, 6.07) is 6.61. The molecule has 1 N–H and O–H groups in total. The van der Waals surface area contributed by atoms with E-state index in [2.05, 4.69) is 20.7 Å². The molecule has 0 radical (unpaired) electrons. The minimum atomic E-state index is -1.72. The summed E-state index contributed by atoms with van der Waals surface area (Å²) in [6.07, 6.45) is -1.54. The highest BCUT2D eigenvalue weighted by Crippen LogP contribution is 2.30. The molecule has 2 rings (SSSR count). The largest absolute Gasteiger partial charge is 0.426 e. The fraction of sp³-hybridized carbons (Fsp3) is 0.100. The van der Waals surface area contributed by atoms with Gasteiger partial charge < -0.3 is 9.84 Å². The van der Waals surface area contributed by atoms with Crippen LogP contribution in [0.15, 0.2) is 43.6 Å². The van der Waals surface area contributed by atoms with Crippen molar-refractivity contribution in [2.24, 2.45) is 0 Å². The monoisotopic (exact) mass is 336 g/mol. The molecule has 0 saturated heterocycles. The highest BCUT2D eigenvalue weighted by molar-refractivity contribution is 9.10. The van der Waals surface area contributed by atoms with Crippen molar-refractivity contribution < 1.29 is 18.8 Å². The zero-order valence-corrected chi connectivity index (χ0v) is 11.4. The second-order valence-electron chi connectivity index (χ2n) is 3.16. The van der Waals surface area contributed by atoms with Crippen LogP contribution in [0.1, 0.15) is 0 Å². The molecule has 4 nitrogen and oxygen atoms in total. The van der Waals surface area contributed by atoms with Gasteiger partial charge in [0.25, 0.3) is 0 Å². The number of aliphatic hydroxyl groups is 1. The average molecular weight is 338 g/mol. The van der Waals surface area contributed by atoms with Crippen LogP contribution in [-0.4, -0.2) is 21.6 Å². The topological polar surface area (TPSA) is 63.6 Å². The molecule has 1 aliphatic heterocycles. The summed E-state index contributed by atoms with van der Waals surface area (Å²) in [4.78, 5) is 11.4. The number of aliphatic hydroxyl groups excluding tert-OH is 1. The zero-order valence-electron chi connectivity index (χ0n) is 8.22. The maximum Gasteiger partial charge on any atom is 0.353 e. The Balaban J connectivity index is 2.38. The van der Waals surface area contributed by atoms with Crippen LogP contribution in [0.5, 0.6) is 0 Å². The summed E-state index contributed by atoms with van der Waals surface area (Å²) in [5.74, 6) is -0.861. The number of hydrogen-bond donors (Lipinski definition) is 1. The van der Waals surface area contributed by atoms with Gasteiger partial charge in [0.2, 0.25) is 6.29 Å². The van der Waals surface area contributed by atoms with E-state index >= 15 is 0 Å². The van der Waals surface area contributed by atoms with Gasteiger partial charge in [-0.1, -0.05) is 27.5 Å². The van der Waals surface area contributed by atoms with E-state index in [1.165, 1.54) is 0 Å². The second kappa shape index (κ2) is 4.89. The number of halogens is 2. The van der Waals surface area contributed by atoms with E-state index in [-0.39, 0.29) is 9.94 Å². The van der Waals surface area contributed by atoms with Crippen LogP contribution < -0.4 is 0 Å². The van der Waals surface area contributed by atoms with E-state index in [0.717, 1.165) is 4.47 Å². The van der Waals surface area contributed by atoms with Crippen molar-refractivity contribution in [2.75, 3.05) is 0 Å². The first-order valence-electron chi connectivity index (χ1n) is 4.47. The maximum absolute atomic E-state index is 12.1. The number of ether oxygens (including phenoxy) is 1. The van der Waals surface area contributed by atoms with E-state index in [1.807, 2.05) is 0 Å². The molecular weight excluding hydrogens is 332 g/mol. The number of benzene rings is 1. The Morgan fingerprint density at radius 2 is 1.94 bits per heavy atom. The molecule has 0 unspecified atom stereocenters. The average Bonchev–Trinajstić information content (AvgIpc) is 2.53. The minimum Gasteiger partial charge on any atom is -0.426 e. The summed E-state index contributed by atoms with van der Waals surface area (Å²) in [5, 5.41) is 9.11. The van der Waals surface area contributed by atoms with Crippen molar-refractivity contribution >= 4 is 44.3 Å². The van der Waals surface area contributed by atoms with Gasteiger partial charge in [-0.15, -0.1) is 0 Å². The van der Waals surface area contributed by atoms with Gasteiger partial charge >= 0.3 is 5.97 Å². The van der Waals surface area contributed by atoms with Crippen molar-refractivity contribution in [3.63, 3.8) is 0 Å². The first kappa shape index (κ1) is 12.8. The first-order chi connectivity index (χ1) is 8.00. The quantitative estimate of drug-likeness (QED) is 0.837. The lowest BCUT2D eigenvalue weighted by Gasteiger charge is -2.07. The van der Waals surface area contributed by atoms with Crippen LogP contribution in [0.2, 0.25) is 0 Å². The van der Waals surface area contributed by atoms with E-state index in [1.54, 1.807) is 24.3 Å². The minimum absolute atomic E-state index is 0.112. The van der Waals surface area contributed by atoms with E-state index in [9.17, 15) is 14.1 Å². The van der Waals surface area contributed by atoms with Crippen LogP contribution in [0.3, 0.4) is 0 Å². The smallest absolute Gasteiger partial charge is 0.353 e. The van der Waals surface area contributed by atoms with Crippen LogP contribution in [0.4, 0.5) is 0 Å². The van der Waals surface area contributed by atoms with Crippen LogP contribution in [-0.2, 0) is 20.3 Å². The molecule has 0 bridgehead atoms. The number of carbonyl (C=O) groups excluding carboxylic acids is 1. The van der Waals surface area contributed by atoms with E-state index in [4.69, 9.17) is 11.6 Å². The predicted molar refractivity (Wildman–Crippen MR) is 65.5 cm³/mol. The third kappa shape index (κ3) is 2.44. The van der Waals surface area contributed by atoms with Gasteiger partial charge in [0, 0.05) is 9.37 Å². The Labute approximate surface area is 113 Å². The molecule has 0 spiro atoms. The summed E-state index contributed by atoms with van der Waals surface area (Å²) in [6.45, 7) is 0. The normalized spacial score (nSPS) is 21.6. The Morgan fingerprint density at radius 1 is 1.35 bits per heavy atom. The van der Waals surface area contributed by atoms with Crippen molar-refractivity contribution in [3.8, 4) is 0 Å². The molecular formula is C10H6BrClO4S. The van der Waals surface area contributed by atoms with Gasteiger partial charge in [0.1, 0.15) is 9.94 Å². The van der Waals surface area contributed by atoms with Gasteiger partial charge in [-0.2, -0.15) is 0 Å². The molecule has 2 atom stereocenters. The van der Waals surface area contributed by atoms with Gasteiger partial charge in [-0.05, 0) is 24.3 Å². The molecule has 1 heterocycles. The molecule has 0 fully saturated rings. The van der Waals surface area contributed by atoms with Gasteiger partial charge in [-0.3, -0.25) is 0 Å². The third-order valence-electron chi connectivity index (χ3n) is 2.07. The van der Waals surface area contributed by atoms with Gasteiger partial charge in [0.05, 0.1) is 10.8 Å². The number of carbonyl (C=O) groups is 1. The summed E-state index contributed by atoms with van der Waals surface area (Å²) in [5.41, 5.74) is 0. The molecule has 0 aliphatic carbocycles. The Morgan fingerprint density at radius 3 is 2.41 bits per heavy atom. The van der Waals surface area contributed by atoms with E-state index in [0.29, 0.717) is 4.90 Å². The maximum atomic E-state index is 12.1. The summed E-state index contributed by atoms with van der Waals surface area (Å²) >= 11 is 8.89. The molecule has 17 heavy (non-hydrogen) atoms. The standard InChI is InChI=1S/C10H6BrClO4S/c11-5-1-3-6(4-2-5)17(15)8-7(12)9(13)16-10(8)14/h1-4,10,14H/t10-,17-/m0/s1. The lowest BCUT2D eigenvalue weighted by molar-refractivity contribution is -0.150. The van der Waals surface area contributed by atoms with Crippen molar-refractivity contribution in [1.82, 2.24) is 0 Å². The van der Waals surface area contributed by atoms with Crippen LogP contribution >= 0.6 is 27.5 Å². The number of esters is 1. The van der Waals surface area contributed by atoms with Crippen LogP contribution in [0, 0.1) is 0 Å². The fourth-order valence-corrected chi connectivity index (χ4v) is 3.00. The second-order valence-corrected chi connectivity index (χ2v) is 5.90.